The van der Waals surface area contributed by atoms with Crippen molar-refractivity contribution in [3.05, 3.63) is 0 Å². The lowest BCUT2D eigenvalue weighted by atomic mass is 9.69. The molecule has 7 N–H and O–H groups in total. The van der Waals surface area contributed by atoms with E-state index in [0.29, 0.717) is 18.5 Å². The number of nitrogens with two attached hydrogens (primary N) is 3. The molecule has 0 saturated heterocycles. The van der Waals surface area contributed by atoms with Crippen LogP contribution in [0.4, 0.5) is 0 Å². The van der Waals surface area contributed by atoms with Gasteiger partial charge in [-0.3, -0.25) is 0 Å². The molecule has 0 heterocycles. The molecule has 0 aromatic carbocycles. The lowest BCUT2D eigenvalue weighted by Gasteiger charge is -2.43. The fraction of sp³-hybridized carbons (Fsp3) is 1.00. The molecule has 0 aliphatic carbocycles. The fourth-order valence-corrected chi connectivity index (χ4v) is 2.26. The maximum absolute atomic E-state index is 5.92. The molecule has 24 heavy (non-hydrogen) atoms. The van der Waals surface area contributed by atoms with Gasteiger partial charge < -0.3 is 27.4 Å². The SMILES string of the molecule is CC(NCCN)C(C)(C)N(C)C.CCCC(C)C(C)(C)C(C)(N)N. The predicted molar refractivity (Wildman–Crippen MR) is 109 cm³/mol. The van der Waals surface area contributed by atoms with Gasteiger partial charge in [0.2, 0.25) is 0 Å². The minimum absolute atomic E-state index is 0.00299. The van der Waals surface area contributed by atoms with Gasteiger partial charge in [-0.2, -0.15) is 0 Å². The highest BCUT2D eigenvalue weighted by atomic mass is 15.2. The molecule has 0 amide bonds. The Balaban J connectivity index is 0. The van der Waals surface area contributed by atoms with E-state index in [4.69, 9.17) is 17.2 Å². The Hall–Kier alpha value is -0.200. The van der Waals surface area contributed by atoms with Crippen LogP contribution in [0, 0.1) is 11.3 Å². The molecule has 2 unspecified atom stereocenters. The minimum Gasteiger partial charge on any atom is -0.329 e. The Morgan fingerprint density at radius 1 is 1.00 bits per heavy atom. The van der Waals surface area contributed by atoms with Gasteiger partial charge in [0.25, 0.3) is 0 Å². The van der Waals surface area contributed by atoms with Gasteiger partial charge in [0.05, 0.1) is 5.66 Å². The van der Waals surface area contributed by atoms with Gasteiger partial charge in [-0.25, -0.2) is 0 Å². The zero-order chi connectivity index (χ0) is 19.8. The van der Waals surface area contributed by atoms with Crippen LogP contribution in [0.15, 0.2) is 0 Å². The highest BCUT2D eigenvalue weighted by Gasteiger charge is 2.38. The quantitative estimate of drug-likeness (QED) is 0.481. The molecule has 5 heteroatoms. The standard InChI is InChI=1S/C10H24N2.C9H23N3/c1-6-7-8(2)9(3,4)10(5,11)12;1-8(11-7-6-10)9(2,3)12(4)5/h8H,6-7,11-12H2,1-5H3;8,11H,6-7,10H2,1-5H3. The van der Waals surface area contributed by atoms with Crippen LogP contribution in [0.2, 0.25) is 0 Å². The monoisotopic (exact) mass is 345 g/mol. The van der Waals surface area contributed by atoms with Crippen molar-refractivity contribution in [3.63, 3.8) is 0 Å². The summed E-state index contributed by atoms with van der Waals surface area (Å²) in [5.41, 5.74) is 16.9. The van der Waals surface area contributed by atoms with Crippen molar-refractivity contribution in [1.82, 2.24) is 10.2 Å². The summed E-state index contributed by atoms with van der Waals surface area (Å²) in [6.07, 6.45) is 2.39. The number of nitrogens with one attached hydrogen (secondary N) is 1. The van der Waals surface area contributed by atoms with Gasteiger partial charge in [-0.15, -0.1) is 0 Å². The first-order chi connectivity index (χ1) is 10.7. The molecule has 0 aliphatic heterocycles. The van der Waals surface area contributed by atoms with Crippen LogP contribution in [-0.4, -0.2) is 49.3 Å². The lowest BCUT2D eigenvalue weighted by molar-refractivity contribution is 0.103. The molecule has 5 nitrogen and oxygen atoms in total. The maximum atomic E-state index is 5.92. The molecular formula is C19H47N5. The summed E-state index contributed by atoms with van der Waals surface area (Å²) in [7, 11) is 4.20. The summed E-state index contributed by atoms with van der Waals surface area (Å²) in [5.74, 6) is 0.572. The third-order valence-corrected chi connectivity index (χ3v) is 6.15. The van der Waals surface area contributed by atoms with Crippen molar-refractivity contribution in [3.8, 4) is 0 Å². The van der Waals surface area contributed by atoms with Crippen molar-refractivity contribution in [2.24, 2.45) is 28.5 Å². The predicted octanol–water partition coefficient (Wildman–Crippen LogP) is 2.35. The Kier molecular flexibility index (Phi) is 11.6. The molecule has 0 radical (unpaired) electrons. The van der Waals surface area contributed by atoms with Crippen molar-refractivity contribution < 1.29 is 0 Å². The zero-order valence-corrected chi connectivity index (χ0v) is 18.2. The van der Waals surface area contributed by atoms with Crippen LogP contribution >= 0.6 is 0 Å². The summed E-state index contributed by atoms with van der Waals surface area (Å²) in [4.78, 5) is 2.22. The first kappa shape index (κ1) is 26.0. The number of nitrogens with zero attached hydrogens (tertiary/aromatic N) is 1. The van der Waals surface area contributed by atoms with E-state index >= 15 is 0 Å². The molecule has 0 spiro atoms. The average molecular weight is 346 g/mol. The second kappa shape index (κ2) is 10.7. The molecule has 0 aliphatic rings. The summed E-state index contributed by atoms with van der Waals surface area (Å²) < 4.78 is 0. The first-order valence-corrected chi connectivity index (χ1v) is 9.34. The largest absolute Gasteiger partial charge is 0.329 e. The Morgan fingerprint density at radius 3 is 1.75 bits per heavy atom. The highest BCUT2D eigenvalue weighted by Crippen LogP contribution is 2.36. The molecule has 0 bridgehead atoms. The third-order valence-electron chi connectivity index (χ3n) is 6.15. The van der Waals surface area contributed by atoms with Crippen LogP contribution in [0.5, 0.6) is 0 Å². The van der Waals surface area contributed by atoms with E-state index in [2.05, 4.69) is 72.8 Å². The van der Waals surface area contributed by atoms with E-state index in [-0.39, 0.29) is 11.0 Å². The summed E-state index contributed by atoms with van der Waals surface area (Å²) in [6, 6.07) is 0.455. The molecule has 0 aromatic rings. The second-order valence-electron chi connectivity index (χ2n) is 8.71. The van der Waals surface area contributed by atoms with Crippen LogP contribution < -0.4 is 22.5 Å². The van der Waals surface area contributed by atoms with Crippen molar-refractivity contribution >= 4 is 0 Å². The van der Waals surface area contributed by atoms with Gasteiger partial charge in [0, 0.05) is 24.7 Å². The highest BCUT2D eigenvalue weighted by molar-refractivity contribution is 4.92. The molecule has 0 rings (SSSR count). The molecule has 0 aromatic heterocycles. The fourth-order valence-electron chi connectivity index (χ4n) is 2.26. The second-order valence-corrected chi connectivity index (χ2v) is 8.71. The summed E-state index contributed by atoms with van der Waals surface area (Å²) in [5, 5.41) is 3.39. The van der Waals surface area contributed by atoms with E-state index in [1.165, 1.54) is 12.8 Å². The van der Waals surface area contributed by atoms with E-state index in [0.717, 1.165) is 6.54 Å². The maximum Gasteiger partial charge on any atom is 0.0662 e. The van der Waals surface area contributed by atoms with Gasteiger partial charge in [0.1, 0.15) is 0 Å². The number of hydrogen-bond donors (Lipinski definition) is 4. The number of likely N-dealkylation sites (N-methyl/N-ethyl adjacent to an activating group) is 1. The van der Waals surface area contributed by atoms with Gasteiger partial charge in [-0.05, 0) is 53.1 Å². The Labute approximate surface area is 152 Å². The van der Waals surface area contributed by atoms with E-state index in [1.54, 1.807) is 0 Å². The Morgan fingerprint density at radius 2 is 1.46 bits per heavy atom. The van der Waals surface area contributed by atoms with Gasteiger partial charge >= 0.3 is 0 Å². The molecule has 0 fully saturated rings. The van der Waals surface area contributed by atoms with Crippen LogP contribution in [0.3, 0.4) is 0 Å². The van der Waals surface area contributed by atoms with Crippen molar-refractivity contribution in [1.29, 1.82) is 0 Å². The summed E-state index contributed by atoms with van der Waals surface area (Å²) >= 11 is 0. The van der Waals surface area contributed by atoms with Crippen LogP contribution in [0.25, 0.3) is 0 Å². The molecule has 0 saturated carbocycles. The van der Waals surface area contributed by atoms with E-state index < -0.39 is 5.66 Å². The third kappa shape index (κ3) is 8.26. The van der Waals surface area contributed by atoms with Crippen LogP contribution in [0.1, 0.15) is 68.2 Å². The van der Waals surface area contributed by atoms with Gasteiger partial charge in [-0.1, -0.05) is 40.5 Å². The normalized spacial score (nSPS) is 15.8. The van der Waals surface area contributed by atoms with Crippen molar-refractivity contribution in [2.45, 2.75) is 85.5 Å². The summed E-state index contributed by atoms with van der Waals surface area (Å²) in [6.45, 7) is 18.8. The Bertz CT molecular complexity index is 318. The molecule has 2 atom stereocenters. The first-order valence-electron chi connectivity index (χ1n) is 9.34. The topological polar surface area (TPSA) is 93.3 Å². The molecule has 148 valence electrons. The van der Waals surface area contributed by atoms with E-state index in [1.807, 2.05) is 6.92 Å². The lowest BCUT2D eigenvalue weighted by Crippen LogP contribution is -2.60. The minimum atomic E-state index is -0.582. The average Bonchev–Trinajstić information content (AvgIpc) is 2.44. The van der Waals surface area contributed by atoms with E-state index in [9.17, 15) is 0 Å². The van der Waals surface area contributed by atoms with Crippen LogP contribution in [-0.2, 0) is 0 Å². The van der Waals surface area contributed by atoms with Crippen molar-refractivity contribution in [2.75, 3.05) is 27.2 Å². The zero-order valence-electron chi connectivity index (χ0n) is 18.2. The smallest absolute Gasteiger partial charge is 0.0662 e. The number of hydrogen-bond acceptors (Lipinski definition) is 5. The number of rotatable bonds is 9. The molecular weight excluding hydrogens is 298 g/mol. The van der Waals surface area contributed by atoms with Gasteiger partial charge in [0.15, 0.2) is 0 Å².